The third-order valence-electron chi connectivity index (χ3n) is 2.98. The van der Waals surface area contributed by atoms with E-state index in [0.717, 1.165) is 28.1 Å². The van der Waals surface area contributed by atoms with Gasteiger partial charge >= 0.3 is 0 Å². The van der Waals surface area contributed by atoms with Gasteiger partial charge in [-0.15, -0.1) is 0 Å². The van der Waals surface area contributed by atoms with Crippen LogP contribution in [-0.4, -0.2) is 38.3 Å². The third kappa shape index (κ3) is 4.47. The van der Waals surface area contributed by atoms with Crippen molar-refractivity contribution in [1.29, 1.82) is 0 Å². The lowest BCUT2D eigenvalue weighted by Gasteiger charge is -2.14. The van der Waals surface area contributed by atoms with Crippen LogP contribution in [0, 0.1) is 0 Å². The molecule has 0 saturated heterocycles. The zero-order valence-electron chi connectivity index (χ0n) is 11.3. The topological polar surface area (TPSA) is 66.5 Å². The number of carbonyl (C=O) groups is 1. The zero-order chi connectivity index (χ0) is 14.6. The van der Waals surface area contributed by atoms with Gasteiger partial charge in [0.15, 0.2) is 0 Å². The predicted molar refractivity (Wildman–Crippen MR) is 78.2 cm³/mol. The molecule has 2 rings (SSSR count). The molecule has 6 heteroatoms. The van der Waals surface area contributed by atoms with Crippen LogP contribution in [0.2, 0.25) is 0 Å². The van der Waals surface area contributed by atoms with Gasteiger partial charge in [0.2, 0.25) is 15.9 Å². The highest BCUT2D eigenvalue weighted by Crippen LogP contribution is 2.18. The summed E-state index contributed by atoms with van der Waals surface area (Å²) in [5, 5.41) is 3.88. The molecule has 1 saturated carbocycles. The van der Waals surface area contributed by atoms with E-state index in [9.17, 15) is 13.2 Å². The Morgan fingerprint density at radius 3 is 2.60 bits per heavy atom. The first-order valence-corrected chi connectivity index (χ1v) is 7.96. The molecule has 0 spiro atoms. The second-order valence-corrected chi connectivity index (χ2v) is 6.78. The first-order valence-electron chi connectivity index (χ1n) is 6.46. The molecule has 1 N–H and O–H groups in total. The van der Waals surface area contributed by atoms with Crippen LogP contribution in [0.25, 0.3) is 6.08 Å². The van der Waals surface area contributed by atoms with Gasteiger partial charge in [-0.25, -0.2) is 8.42 Å². The Balaban J connectivity index is 1.94. The number of sulfonamides is 1. The molecule has 1 fully saturated rings. The molecular formula is C14H18N2O3S. The minimum Gasteiger partial charge on any atom is -0.352 e. The molecule has 1 aliphatic carbocycles. The largest absolute Gasteiger partial charge is 0.352 e. The van der Waals surface area contributed by atoms with Crippen molar-refractivity contribution >= 4 is 22.0 Å². The van der Waals surface area contributed by atoms with Crippen molar-refractivity contribution in [2.45, 2.75) is 18.9 Å². The molecule has 0 aromatic heterocycles. The lowest BCUT2D eigenvalue weighted by Crippen LogP contribution is -2.38. The first-order chi connectivity index (χ1) is 9.47. The summed E-state index contributed by atoms with van der Waals surface area (Å²) >= 11 is 0. The molecular weight excluding hydrogens is 276 g/mol. The number of hydrogen-bond donors (Lipinski definition) is 1. The molecule has 0 bridgehead atoms. The van der Waals surface area contributed by atoms with Gasteiger partial charge in [0.1, 0.15) is 0 Å². The number of benzene rings is 1. The molecule has 0 atom stereocenters. The fourth-order valence-corrected chi connectivity index (χ4v) is 2.46. The maximum absolute atomic E-state index is 12.0. The summed E-state index contributed by atoms with van der Waals surface area (Å²) in [6, 6.07) is 9.38. The maximum atomic E-state index is 12.0. The molecule has 1 aliphatic rings. The van der Waals surface area contributed by atoms with E-state index in [1.807, 2.05) is 30.3 Å². The predicted octanol–water partition coefficient (Wildman–Crippen LogP) is 1.20. The zero-order valence-corrected chi connectivity index (χ0v) is 12.1. The van der Waals surface area contributed by atoms with Gasteiger partial charge in [0, 0.05) is 18.5 Å². The average Bonchev–Trinajstić information content (AvgIpc) is 3.21. The summed E-state index contributed by atoms with van der Waals surface area (Å²) in [4.78, 5) is 11.6. The number of carbonyl (C=O) groups excluding carboxylic acids is 1. The normalized spacial score (nSPS) is 15.7. The second kappa shape index (κ2) is 6.19. The molecule has 20 heavy (non-hydrogen) atoms. The smallest absolute Gasteiger partial charge is 0.236 e. The third-order valence-corrected chi connectivity index (χ3v) is 4.45. The van der Waals surface area contributed by atoms with Crippen LogP contribution >= 0.6 is 0 Å². The van der Waals surface area contributed by atoms with Gasteiger partial charge < -0.3 is 5.32 Å². The fourth-order valence-electron chi connectivity index (χ4n) is 1.63. The molecule has 108 valence electrons. The van der Waals surface area contributed by atoms with Crippen molar-refractivity contribution in [3.63, 3.8) is 0 Å². The Kier molecular flexibility index (Phi) is 4.57. The van der Waals surface area contributed by atoms with Crippen molar-refractivity contribution in [2.24, 2.45) is 0 Å². The molecule has 0 aliphatic heterocycles. The van der Waals surface area contributed by atoms with E-state index >= 15 is 0 Å². The number of rotatable bonds is 6. The van der Waals surface area contributed by atoms with Crippen LogP contribution in [-0.2, 0) is 14.8 Å². The lowest BCUT2D eigenvalue weighted by atomic mass is 10.2. The second-order valence-electron chi connectivity index (χ2n) is 4.86. The minimum atomic E-state index is -3.58. The Morgan fingerprint density at radius 1 is 1.35 bits per heavy atom. The monoisotopic (exact) mass is 294 g/mol. The highest BCUT2D eigenvalue weighted by molar-refractivity contribution is 7.92. The van der Waals surface area contributed by atoms with Crippen molar-refractivity contribution in [3.8, 4) is 0 Å². The van der Waals surface area contributed by atoms with E-state index in [1.54, 1.807) is 0 Å². The van der Waals surface area contributed by atoms with Gasteiger partial charge in [-0.1, -0.05) is 30.3 Å². The van der Waals surface area contributed by atoms with E-state index in [0.29, 0.717) is 0 Å². The number of nitrogens with zero attached hydrogens (tertiary/aromatic N) is 1. The molecule has 0 radical (unpaired) electrons. The van der Waals surface area contributed by atoms with E-state index in [4.69, 9.17) is 0 Å². The molecule has 0 unspecified atom stereocenters. The molecule has 1 amide bonds. The Bertz CT molecular complexity index is 592. The average molecular weight is 294 g/mol. The summed E-state index contributed by atoms with van der Waals surface area (Å²) in [7, 11) is -2.18. The summed E-state index contributed by atoms with van der Waals surface area (Å²) in [6.07, 6.45) is 3.48. The number of nitrogens with one attached hydrogen (secondary N) is 1. The van der Waals surface area contributed by atoms with Crippen molar-refractivity contribution in [1.82, 2.24) is 9.62 Å². The Labute approximate surface area is 119 Å². The Morgan fingerprint density at radius 2 is 2.00 bits per heavy atom. The first kappa shape index (κ1) is 14.7. The van der Waals surface area contributed by atoms with E-state index < -0.39 is 10.0 Å². The van der Waals surface area contributed by atoms with Crippen LogP contribution in [0.15, 0.2) is 35.7 Å². The van der Waals surface area contributed by atoms with E-state index in [2.05, 4.69) is 5.32 Å². The van der Waals surface area contributed by atoms with Gasteiger partial charge in [-0.3, -0.25) is 4.79 Å². The summed E-state index contributed by atoms with van der Waals surface area (Å²) in [5.74, 6) is -0.258. The highest BCUT2D eigenvalue weighted by Gasteiger charge is 2.25. The minimum absolute atomic E-state index is 0.155. The lowest BCUT2D eigenvalue weighted by molar-refractivity contribution is -0.121. The molecule has 0 heterocycles. The van der Waals surface area contributed by atoms with E-state index in [-0.39, 0.29) is 18.5 Å². The standard InChI is InChI=1S/C14H18N2O3S/c1-16(11-14(17)15-13-7-8-13)20(18,19)10-9-12-5-3-2-4-6-12/h2-6,9-10,13H,7-8,11H2,1H3,(H,15,17)/b10-9+. The molecule has 1 aromatic carbocycles. The number of hydrogen-bond acceptors (Lipinski definition) is 3. The molecule has 1 aromatic rings. The van der Waals surface area contributed by atoms with Crippen molar-refractivity contribution in [3.05, 3.63) is 41.3 Å². The van der Waals surface area contributed by atoms with Gasteiger partial charge in [0.05, 0.1) is 6.54 Å². The maximum Gasteiger partial charge on any atom is 0.236 e. The fraction of sp³-hybridized carbons (Fsp3) is 0.357. The number of likely N-dealkylation sites (N-methyl/N-ethyl adjacent to an activating group) is 1. The van der Waals surface area contributed by atoms with Crippen molar-refractivity contribution in [2.75, 3.05) is 13.6 Å². The molecule has 5 nitrogen and oxygen atoms in total. The van der Waals surface area contributed by atoms with Gasteiger partial charge in [-0.2, -0.15) is 4.31 Å². The van der Waals surface area contributed by atoms with Crippen LogP contribution in [0.4, 0.5) is 0 Å². The van der Waals surface area contributed by atoms with Gasteiger partial charge in [-0.05, 0) is 24.5 Å². The highest BCUT2D eigenvalue weighted by atomic mass is 32.2. The van der Waals surface area contributed by atoms with Crippen LogP contribution in [0.3, 0.4) is 0 Å². The van der Waals surface area contributed by atoms with Crippen LogP contribution < -0.4 is 5.32 Å². The van der Waals surface area contributed by atoms with Crippen LogP contribution in [0.5, 0.6) is 0 Å². The quantitative estimate of drug-likeness (QED) is 0.857. The SMILES string of the molecule is CN(CC(=O)NC1CC1)S(=O)(=O)/C=C/c1ccccc1. The van der Waals surface area contributed by atoms with Crippen LogP contribution in [0.1, 0.15) is 18.4 Å². The number of amides is 1. The van der Waals surface area contributed by atoms with E-state index in [1.165, 1.54) is 13.1 Å². The van der Waals surface area contributed by atoms with Gasteiger partial charge in [0.25, 0.3) is 0 Å². The Hall–Kier alpha value is -1.66. The summed E-state index contributed by atoms with van der Waals surface area (Å²) in [6.45, 7) is -0.155. The summed E-state index contributed by atoms with van der Waals surface area (Å²) in [5.41, 5.74) is 0.798. The van der Waals surface area contributed by atoms with Crippen molar-refractivity contribution < 1.29 is 13.2 Å². The summed E-state index contributed by atoms with van der Waals surface area (Å²) < 4.78 is 25.0.